The predicted molar refractivity (Wildman–Crippen MR) is 121 cm³/mol. The van der Waals surface area contributed by atoms with Crippen molar-refractivity contribution < 1.29 is 14.3 Å². The van der Waals surface area contributed by atoms with Crippen molar-refractivity contribution in [3.63, 3.8) is 0 Å². The summed E-state index contributed by atoms with van der Waals surface area (Å²) >= 11 is 14.3. The van der Waals surface area contributed by atoms with Gasteiger partial charge in [0.05, 0.1) is 19.2 Å². The fourth-order valence-electron chi connectivity index (χ4n) is 3.76. The first kappa shape index (κ1) is 23.1. The molecule has 162 valence electrons. The first-order valence-electron chi connectivity index (χ1n) is 10.0. The van der Waals surface area contributed by atoms with Gasteiger partial charge >= 0.3 is 0 Å². The van der Waals surface area contributed by atoms with Gasteiger partial charge < -0.3 is 14.5 Å². The molecule has 0 saturated carbocycles. The monoisotopic (exact) mass is 468 g/mol. The van der Waals surface area contributed by atoms with Crippen molar-refractivity contribution in [1.29, 1.82) is 0 Å². The molecule has 1 unspecified atom stereocenters. The molecule has 0 saturated heterocycles. The van der Waals surface area contributed by atoms with Crippen LogP contribution in [0.25, 0.3) is 0 Å². The summed E-state index contributed by atoms with van der Waals surface area (Å²) in [4.78, 5) is 30.6. The van der Waals surface area contributed by atoms with Crippen LogP contribution in [0.2, 0.25) is 10.0 Å². The van der Waals surface area contributed by atoms with Gasteiger partial charge in [-0.15, -0.1) is 11.3 Å². The van der Waals surface area contributed by atoms with E-state index in [1.54, 1.807) is 35.5 Å². The van der Waals surface area contributed by atoms with Crippen LogP contribution in [-0.2, 0) is 20.7 Å². The molecule has 5 nitrogen and oxygen atoms in total. The van der Waals surface area contributed by atoms with E-state index in [0.29, 0.717) is 36.2 Å². The summed E-state index contributed by atoms with van der Waals surface area (Å²) in [5.74, 6) is -0.124. The zero-order valence-electron chi connectivity index (χ0n) is 17.2. The lowest BCUT2D eigenvalue weighted by Gasteiger charge is -2.38. The van der Waals surface area contributed by atoms with Crippen molar-refractivity contribution >= 4 is 46.4 Å². The third-order valence-corrected chi connectivity index (χ3v) is 6.81. The molecule has 1 atom stereocenters. The third kappa shape index (κ3) is 5.17. The molecule has 3 rings (SSSR count). The zero-order valence-corrected chi connectivity index (χ0v) is 19.5. The predicted octanol–water partition coefficient (Wildman–Crippen LogP) is 4.80. The van der Waals surface area contributed by atoms with Crippen LogP contribution < -0.4 is 0 Å². The molecule has 1 aromatic carbocycles. The van der Waals surface area contributed by atoms with E-state index in [2.05, 4.69) is 6.07 Å². The molecule has 0 fully saturated rings. The first-order valence-corrected chi connectivity index (χ1v) is 11.7. The number of rotatable bonds is 8. The number of nitrogens with zero attached hydrogens (tertiary/aromatic N) is 2. The molecule has 1 aromatic heterocycles. The maximum absolute atomic E-state index is 13.4. The van der Waals surface area contributed by atoms with Crippen LogP contribution in [-0.4, -0.2) is 55.0 Å². The van der Waals surface area contributed by atoms with Crippen molar-refractivity contribution in [1.82, 2.24) is 9.80 Å². The van der Waals surface area contributed by atoms with Crippen molar-refractivity contribution in [2.75, 3.05) is 33.4 Å². The number of halogens is 2. The Morgan fingerprint density at radius 2 is 2.07 bits per heavy atom. The molecule has 1 aliphatic heterocycles. The zero-order chi connectivity index (χ0) is 21.7. The molecule has 0 spiro atoms. The molecule has 0 N–H and O–H groups in total. The summed E-state index contributed by atoms with van der Waals surface area (Å²) < 4.78 is 5.13. The number of fused-ring (bicyclic) bond motifs is 1. The molecule has 0 radical (unpaired) electrons. The van der Waals surface area contributed by atoms with Gasteiger partial charge in [0.1, 0.15) is 0 Å². The fraction of sp³-hybridized carbons (Fsp3) is 0.455. The summed E-state index contributed by atoms with van der Waals surface area (Å²) in [6, 6.07) is 7.15. The highest BCUT2D eigenvalue weighted by Crippen LogP contribution is 2.41. The van der Waals surface area contributed by atoms with E-state index in [1.807, 2.05) is 23.3 Å². The molecule has 0 aliphatic carbocycles. The standard InChI is InChI=1S/C22H26Cl2N2O3S/c1-3-4-20(27)25(10-11-29-2)14-21(28)26-9-7-19-17(8-12-30-19)22(26)16-6-5-15(23)13-18(16)24/h5-6,8,12-13,22H,3-4,7,9-11,14H2,1-2H3. The second-order valence-electron chi connectivity index (χ2n) is 7.26. The number of amides is 2. The third-order valence-electron chi connectivity index (χ3n) is 5.25. The Morgan fingerprint density at radius 1 is 1.27 bits per heavy atom. The molecule has 2 amide bonds. The minimum atomic E-state index is -0.289. The highest BCUT2D eigenvalue weighted by molar-refractivity contribution is 7.10. The molecule has 1 aliphatic rings. The van der Waals surface area contributed by atoms with E-state index < -0.39 is 0 Å². The number of hydrogen-bond acceptors (Lipinski definition) is 4. The SMILES string of the molecule is CCCC(=O)N(CCOC)CC(=O)N1CCc2sccc2C1c1ccc(Cl)cc1Cl. The van der Waals surface area contributed by atoms with E-state index in [1.165, 1.54) is 4.88 Å². The van der Waals surface area contributed by atoms with Crippen LogP contribution >= 0.6 is 34.5 Å². The van der Waals surface area contributed by atoms with Crippen LogP contribution in [0.5, 0.6) is 0 Å². The van der Waals surface area contributed by atoms with Crippen molar-refractivity contribution in [2.45, 2.75) is 32.2 Å². The van der Waals surface area contributed by atoms with Crippen LogP contribution in [0.3, 0.4) is 0 Å². The lowest BCUT2D eigenvalue weighted by molar-refractivity contribution is -0.142. The number of ether oxygens (including phenoxy) is 1. The minimum absolute atomic E-state index is 0.0304. The maximum Gasteiger partial charge on any atom is 0.242 e. The van der Waals surface area contributed by atoms with Gasteiger partial charge in [0, 0.05) is 41.5 Å². The number of methoxy groups -OCH3 is 1. The number of carbonyl (C=O) groups excluding carboxylic acids is 2. The number of benzene rings is 1. The number of thiophene rings is 1. The summed E-state index contributed by atoms with van der Waals surface area (Å²) in [6.07, 6.45) is 1.95. The smallest absolute Gasteiger partial charge is 0.242 e. The van der Waals surface area contributed by atoms with Gasteiger partial charge in [-0.3, -0.25) is 9.59 Å². The van der Waals surface area contributed by atoms with Gasteiger partial charge in [-0.25, -0.2) is 0 Å². The minimum Gasteiger partial charge on any atom is -0.383 e. The van der Waals surface area contributed by atoms with Crippen LogP contribution in [0.15, 0.2) is 29.6 Å². The fourth-order valence-corrected chi connectivity index (χ4v) is 5.18. The highest BCUT2D eigenvalue weighted by atomic mass is 35.5. The van der Waals surface area contributed by atoms with Crippen LogP contribution in [0.4, 0.5) is 0 Å². The quantitative estimate of drug-likeness (QED) is 0.558. The molecule has 2 heterocycles. The average molecular weight is 469 g/mol. The molecule has 2 aromatic rings. The Labute approximate surface area is 191 Å². The molecule has 8 heteroatoms. The Bertz CT molecular complexity index is 902. The van der Waals surface area contributed by atoms with Crippen molar-refractivity contribution in [2.24, 2.45) is 0 Å². The Hall–Kier alpha value is -1.60. The lowest BCUT2D eigenvalue weighted by Crippen LogP contribution is -2.47. The van der Waals surface area contributed by atoms with Gasteiger partial charge in [0.2, 0.25) is 11.8 Å². The van der Waals surface area contributed by atoms with Crippen molar-refractivity contribution in [3.05, 3.63) is 55.7 Å². The largest absolute Gasteiger partial charge is 0.383 e. The van der Waals surface area contributed by atoms with E-state index in [0.717, 1.165) is 24.0 Å². The lowest BCUT2D eigenvalue weighted by atomic mass is 9.93. The van der Waals surface area contributed by atoms with E-state index in [4.69, 9.17) is 27.9 Å². The number of carbonyl (C=O) groups is 2. The second-order valence-corrected chi connectivity index (χ2v) is 9.11. The Morgan fingerprint density at radius 3 is 2.77 bits per heavy atom. The Balaban J connectivity index is 1.90. The topological polar surface area (TPSA) is 49.9 Å². The van der Waals surface area contributed by atoms with Gasteiger partial charge in [0.25, 0.3) is 0 Å². The highest BCUT2D eigenvalue weighted by Gasteiger charge is 2.35. The number of hydrogen-bond donors (Lipinski definition) is 0. The molecule has 0 bridgehead atoms. The maximum atomic E-state index is 13.4. The Kier molecular flexibility index (Phi) is 8.17. The molecular weight excluding hydrogens is 443 g/mol. The van der Waals surface area contributed by atoms with E-state index in [-0.39, 0.29) is 24.4 Å². The summed E-state index contributed by atoms with van der Waals surface area (Å²) in [6.45, 7) is 3.35. The molecular formula is C22H26Cl2N2O3S. The van der Waals surface area contributed by atoms with Gasteiger partial charge in [-0.1, -0.05) is 36.2 Å². The normalized spacial score (nSPS) is 15.7. The van der Waals surface area contributed by atoms with Gasteiger partial charge in [0.15, 0.2) is 0 Å². The van der Waals surface area contributed by atoms with E-state index >= 15 is 0 Å². The van der Waals surface area contributed by atoms with Crippen LogP contribution in [0, 0.1) is 0 Å². The summed E-state index contributed by atoms with van der Waals surface area (Å²) in [5.41, 5.74) is 1.93. The average Bonchev–Trinajstić information content (AvgIpc) is 3.19. The van der Waals surface area contributed by atoms with Gasteiger partial charge in [-0.05, 0) is 47.5 Å². The second kappa shape index (κ2) is 10.6. The van der Waals surface area contributed by atoms with Gasteiger partial charge in [-0.2, -0.15) is 0 Å². The summed E-state index contributed by atoms with van der Waals surface area (Å²) in [7, 11) is 1.59. The van der Waals surface area contributed by atoms with E-state index in [9.17, 15) is 9.59 Å². The summed E-state index contributed by atoms with van der Waals surface area (Å²) in [5, 5.41) is 3.13. The first-order chi connectivity index (χ1) is 14.5. The molecule has 30 heavy (non-hydrogen) atoms. The van der Waals surface area contributed by atoms with Crippen LogP contribution in [0.1, 0.15) is 41.8 Å². The van der Waals surface area contributed by atoms with Crippen molar-refractivity contribution in [3.8, 4) is 0 Å².